The van der Waals surface area contributed by atoms with Crippen molar-refractivity contribution in [2.24, 2.45) is 11.7 Å². The second kappa shape index (κ2) is 6.35. The van der Waals surface area contributed by atoms with Crippen molar-refractivity contribution < 1.29 is 4.79 Å². The number of aromatic nitrogens is 3. The van der Waals surface area contributed by atoms with Gasteiger partial charge in [-0.2, -0.15) is 10.1 Å². The number of primary amides is 1. The van der Waals surface area contributed by atoms with Crippen LogP contribution in [0.1, 0.15) is 25.5 Å². The Kier molecular flexibility index (Phi) is 4.24. The number of nitrogens with two attached hydrogens (primary N) is 1. The molecular formula is C17H22N6O. The molecule has 2 heterocycles. The molecule has 1 aliphatic rings. The maximum absolute atomic E-state index is 12.0. The van der Waals surface area contributed by atoms with Gasteiger partial charge in [0.1, 0.15) is 12.2 Å². The monoisotopic (exact) mass is 326 g/mol. The molecule has 0 bridgehead atoms. The molecule has 2 atom stereocenters. The van der Waals surface area contributed by atoms with Gasteiger partial charge in [-0.25, -0.2) is 4.68 Å². The highest BCUT2D eigenvalue weighted by Crippen LogP contribution is 2.37. The molecule has 0 aliphatic carbocycles. The number of nitrogens with zero attached hydrogens (tertiary/aromatic N) is 4. The highest BCUT2D eigenvalue weighted by atomic mass is 16.1. The molecule has 1 amide bonds. The van der Waals surface area contributed by atoms with Crippen LogP contribution in [-0.2, 0) is 4.79 Å². The molecule has 0 spiro atoms. The molecule has 0 saturated carbocycles. The normalized spacial score (nSPS) is 19.5. The van der Waals surface area contributed by atoms with Crippen molar-refractivity contribution in [2.75, 3.05) is 23.3 Å². The van der Waals surface area contributed by atoms with Gasteiger partial charge in [-0.1, -0.05) is 18.7 Å². The van der Waals surface area contributed by atoms with Crippen LogP contribution in [0.25, 0.3) is 0 Å². The van der Waals surface area contributed by atoms with Gasteiger partial charge in [0.25, 0.3) is 0 Å². The van der Waals surface area contributed by atoms with Gasteiger partial charge in [-0.15, -0.1) is 0 Å². The number of rotatable bonds is 5. The number of anilines is 2. The van der Waals surface area contributed by atoms with Gasteiger partial charge in [-0.3, -0.25) is 4.79 Å². The molecule has 0 fully saturated rings. The fourth-order valence-electron chi connectivity index (χ4n) is 3.23. The molecule has 1 aromatic heterocycles. The molecule has 2 aromatic rings. The average molecular weight is 326 g/mol. The van der Waals surface area contributed by atoms with Crippen molar-refractivity contribution in [1.82, 2.24) is 14.8 Å². The topological polar surface area (TPSA) is 89.1 Å². The van der Waals surface area contributed by atoms with E-state index in [4.69, 9.17) is 5.73 Å². The number of nitrogens with one attached hydrogen (secondary N) is 1. The number of hydrogen-bond donors (Lipinski definition) is 2. The third-order valence-corrected chi connectivity index (χ3v) is 4.47. The zero-order valence-electron chi connectivity index (χ0n) is 13.9. The van der Waals surface area contributed by atoms with E-state index in [0.717, 1.165) is 24.3 Å². The molecule has 1 aliphatic heterocycles. The Bertz CT molecular complexity index is 747. The molecule has 0 saturated heterocycles. The first-order valence-corrected chi connectivity index (χ1v) is 8.06. The molecule has 1 aromatic carbocycles. The lowest BCUT2D eigenvalue weighted by atomic mass is 9.88. The van der Waals surface area contributed by atoms with Crippen LogP contribution in [0.3, 0.4) is 0 Å². The van der Waals surface area contributed by atoms with Crippen LogP contribution in [0.15, 0.2) is 42.9 Å². The minimum atomic E-state index is -0.585. The van der Waals surface area contributed by atoms with E-state index in [1.165, 1.54) is 6.33 Å². The maximum Gasteiger partial charge on any atom is 0.229 e. The summed E-state index contributed by atoms with van der Waals surface area (Å²) in [6.45, 7) is 10.1. The van der Waals surface area contributed by atoms with Crippen LogP contribution in [0.2, 0.25) is 0 Å². The number of benzene rings is 1. The third-order valence-electron chi connectivity index (χ3n) is 4.47. The van der Waals surface area contributed by atoms with E-state index in [1.807, 2.05) is 12.1 Å². The zero-order valence-corrected chi connectivity index (χ0v) is 13.9. The predicted molar refractivity (Wildman–Crippen MR) is 93.6 cm³/mol. The number of fused-ring (bicyclic) bond motifs is 1. The second-order valence-corrected chi connectivity index (χ2v) is 5.77. The fraction of sp³-hybridized carbons (Fsp3) is 0.353. The number of carbonyl (C=O) groups excluding carboxylic acids is 1. The van der Waals surface area contributed by atoms with E-state index in [9.17, 15) is 4.79 Å². The molecule has 126 valence electrons. The van der Waals surface area contributed by atoms with E-state index < -0.39 is 11.8 Å². The Morgan fingerprint density at radius 3 is 2.58 bits per heavy atom. The number of carbonyl (C=O) groups is 1. The van der Waals surface area contributed by atoms with Gasteiger partial charge < -0.3 is 16.0 Å². The van der Waals surface area contributed by atoms with Gasteiger partial charge in [0.05, 0.1) is 6.04 Å². The quantitative estimate of drug-likeness (QED) is 0.874. The smallest absolute Gasteiger partial charge is 0.229 e. The second-order valence-electron chi connectivity index (χ2n) is 5.77. The summed E-state index contributed by atoms with van der Waals surface area (Å²) in [5.41, 5.74) is 8.26. The standard InChI is InChI=1S/C17H22N6O/c1-4-22(5-2)13-8-6-12(7-9-13)15-14(16(18)24)11(3)21-17-19-10-20-23(15)17/h6-10,14-15H,3-5H2,1-2H3,(H2,18,24)(H,19,20,21)/t14-,15+/m1/s1. The molecule has 7 nitrogen and oxygen atoms in total. The van der Waals surface area contributed by atoms with Crippen LogP contribution in [0.5, 0.6) is 0 Å². The summed E-state index contributed by atoms with van der Waals surface area (Å²) in [4.78, 5) is 18.4. The van der Waals surface area contributed by atoms with Gasteiger partial charge in [0.2, 0.25) is 11.9 Å². The van der Waals surface area contributed by atoms with Crippen molar-refractivity contribution in [3.8, 4) is 0 Å². The number of hydrogen-bond acceptors (Lipinski definition) is 5. The van der Waals surface area contributed by atoms with Crippen molar-refractivity contribution in [3.05, 3.63) is 48.4 Å². The lowest BCUT2D eigenvalue weighted by Gasteiger charge is -2.33. The molecule has 3 rings (SSSR count). The predicted octanol–water partition coefficient (Wildman–Crippen LogP) is 1.75. The molecule has 24 heavy (non-hydrogen) atoms. The first kappa shape index (κ1) is 16.0. The molecular weight excluding hydrogens is 304 g/mol. The minimum Gasteiger partial charge on any atom is -0.372 e. The van der Waals surface area contributed by atoms with Crippen LogP contribution < -0.4 is 16.0 Å². The number of amides is 1. The van der Waals surface area contributed by atoms with Crippen LogP contribution >= 0.6 is 0 Å². The summed E-state index contributed by atoms with van der Waals surface area (Å²) in [7, 11) is 0. The Morgan fingerprint density at radius 1 is 1.33 bits per heavy atom. The first-order chi connectivity index (χ1) is 11.6. The lowest BCUT2D eigenvalue weighted by molar-refractivity contribution is -0.121. The van der Waals surface area contributed by atoms with E-state index in [0.29, 0.717) is 11.6 Å². The summed E-state index contributed by atoms with van der Waals surface area (Å²) < 4.78 is 1.69. The lowest BCUT2D eigenvalue weighted by Crippen LogP contribution is -2.40. The summed E-state index contributed by atoms with van der Waals surface area (Å²) in [6, 6.07) is 7.79. The molecule has 0 radical (unpaired) electrons. The first-order valence-electron chi connectivity index (χ1n) is 8.06. The highest BCUT2D eigenvalue weighted by Gasteiger charge is 2.38. The van der Waals surface area contributed by atoms with E-state index in [1.54, 1.807) is 4.68 Å². The van der Waals surface area contributed by atoms with Crippen molar-refractivity contribution >= 4 is 17.5 Å². The Hall–Kier alpha value is -2.83. The van der Waals surface area contributed by atoms with Crippen molar-refractivity contribution in [1.29, 1.82) is 0 Å². The van der Waals surface area contributed by atoms with Crippen LogP contribution in [-0.4, -0.2) is 33.8 Å². The summed E-state index contributed by atoms with van der Waals surface area (Å²) in [6.07, 6.45) is 1.45. The molecule has 3 N–H and O–H groups in total. The highest BCUT2D eigenvalue weighted by molar-refractivity contribution is 5.82. The zero-order chi connectivity index (χ0) is 17.3. The van der Waals surface area contributed by atoms with Crippen molar-refractivity contribution in [3.63, 3.8) is 0 Å². The largest absolute Gasteiger partial charge is 0.372 e. The van der Waals surface area contributed by atoms with Gasteiger partial charge in [-0.05, 0) is 31.5 Å². The Morgan fingerprint density at radius 2 is 2.00 bits per heavy atom. The SMILES string of the molecule is C=C1Nc2ncnn2[C@@H](c2ccc(N(CC)CC)cc2)[C@@H]1C(N)=O. The van der Waals surface area contributed by atoms with Crippen molar-refractivity contribution in [2.45, 2.75) is 19.9 Å². The Labute approximate surface area is 141 Å². The molecule has 0 unspecified atom stereocenters. The maximum atomic E-state index is 12.0. The van der Waals surface area contributed by atoms with Crippen LogP contribution in [0.4, 0.5) is 11.6 Å². The minimum absolute atomic E-state index is 0.348. The fourth-order valence-corrected chi connectivity index (χ4v) is 3.23. The van der Waals surface area contributed by atoms with E-state index >= 15 is 0 Å². The van der Waals surface area contributed by atoms with Crippen LogP contribution in [0, 0.1) is 5.92 Å². The van der Waals surface area contributed by atoms with Gasteiger partial charge >= 0.3 is 0 Å². The van der Waals surface area contributed by atoms with Gasteiger partial charge in [0.15, 0.2) is 0 Å². The average Bonchev–Trinajstić information content (AvgIpc) is 3.03. The molecule has 7 heteroatoms. The third kappa shape index (κ3) is 2.62. The summed E-state index contributed by atoms with van der Waals surface area (Å²) in [5, 5.41) is 7.26. The van der Waals surface area contributed by atoms with Gasteiger partial charge in [0, 0.05) is 24.5 Å². The Balaban J connectivity index is 2.02. The van der Waals surface area contributed by atoms with E-state index in [-0.39, 0.29) is 6.04 Å². The van der Waals surface area contributed by atoms with E-state index in [2.05, 4.69) is 52.9 Å². The summed E-state index contributed by atoms with van der Waals surface area (Å²) in [5.74, 6) is -0.458. The summed E-state index contributed by atoms with van der Waals surface area (Å²) >= 11 is 0.